The first-order chi connectivity index (χ1) is 14.2. The maximum atomic E-state index is 10.8. The second-order valence-electron chi connectivity index (χ2n) is 7.78. The van der Waals surface area contributed by atoms with E-state index in [-0.39, 0.29) is 19.2 Å². The predicted octanol–water partition coefficient (Wildman–Crippen LogP) is 6.52. The highest BCUT2D eigenvalue weighted by atomic mass is 16.6. The average Bonchev–Trinajstić information content (AvgIpc) is 2.71. The minimum Gasteiger partial charge on any atom is -0.458 e. The molecule has 0 aliphatic carbocycles. The van der Waals surface area contributed by atoms with E-state index in [2.05, 4.69) is 31.2 Å². The van der Waals surface area contributed by atoms with Crippen LogP contribution < -0.4 is 0 Å². The van der Waals surface area contributed by atoms with Gasteiger partial charge in [0.05, 0.1) is 13.2 Å². The molecule has 0 saturated carbocycles. The minimum atomic E-state index is -0.533. The van der Waals surface area contributed by atoms with Gasteiger partial charge in [-0.2, -0.15) is 0 Å². The number of hydrogen-bond acceptors (Lipinski definition) is 4. The van der Waals surface area contributed by atoms with E-state index in [1.807, 2.05) is 0 Å². The Morgan fingerprint density at radius 2 is 1.38 bits per heavy atom. The number of carbonyl (C=O) groups excluding carboxylic acids is 1. The van der Waals surface area contributed by atoms with Crippen molar-refractivity contribution in [2.75, 3.05) is 19.8 Å². The van der Waals surface area contributed by atoms with E-state index in [0.29, 0.717) is 6.61 Å². The maximum absolute atomic E-state index is 10.8. The maximum Gasteiger partial charge on any atom is 0.303 e. The second-order valence-corrected chi connectivity index (χ2v) is 7.78. The van der Waals surface area contributed by atoms with E-state index in [4.69, 9.17) is 14.6 Å². The Hall–Kier alpha value is -1.13. The molecular weight excluding hydrogens is 364 g/mol. The van der Waals surface area contributed by atoms with Gasteiger partial charge in [0.2, 0.25) is 0 Å². The van der Waals surface area contributed by atoms with Crippen LogP contribution in [0.3, 0.4) is 0 Å². The summed E-state index contributed by atoms with van der Waals surface area (Å²) in [4.78, 5) is 10.8. The van der Waals surface area contributed by atoms with Crippen LogP contribution in [0.4, 0.5) is 0 Å². The summed E-state index contributed by atoms with van der Waals surface area (Å²) < 4.78 is 10.4. The van der Waals surface area contributed by atoms with Crippen molar-refractivity contribution >= 4 is 5.97 Å². The lowest BCUT2D eigenvalue weighted by Crippen LogP contribution is -2.26. The molecule has 0 aromatic heterocycles. The molecule has 4 heteroatoms. The summed E-state index contributed by atoms with van der Waals surface area (Å²) in [5.41, 5.74) is 0. The molecule has 0 radical (unpaired) electrons. The molecule has 0 aliphatic heterocycles. The Balaban J connectivity index is 3.25. The summed E-state index contributed by atoms with van der Waals surface area (Å²) in [5, 5.41) is 9.07. The standard InChI is InChI=1S/C25H46O4/c1-3-4-5-6-7-8-9-10-11-12-13-14-15-16-17-18-19-20-21-28-23-25(22-26)29-24(2)27/h7-8,10-11,25-26H,3-6,9,12-23H2,1-2H3/b8-7-,11-10-. The van der Waals surface area contributed by atoms with E-state index in [9.17, 15) is 4.79 Å². The topological polar surface area (TPSA) is 55.8 Å². The van der Waals surface area contributed by atoms with Crippen LogP contribution in [-0.2, 0) is 14.3 Å². The van der Waals surface area contributed by atoms with Crippen LogP contribution in [0.2, 0.25) is 0 Å². The molecule has 0 spiro atoms. The van der Waals surface area contributed by atoms with Gasteiger partial charge < -0.3 is 14.6 Å². The molecule has 29 heavy (non-hydrogen) atoms. The second kappa shape index (κ2) is 23.2. The van der Waals surface area contributed by atoms with Gasteiger partial charge in [0.25, 0.3) is 0 Å². The van der Waals surface area contributed by atoms with Gasteiger partial charge >= 0.3 is 5.97 Å². The van der Waals surface area contributed by atoms with E-state index < -0.39 is 6.10 Å². The molecule has 0 rings (SSSR count). The van der Waals surface area contributed by atoms with Gasteiger partial charge in [0.15, 0.2) is 0 Å². The fourth-order valence-electron chi connectivity index (χ4n) is 3.12. The molecule has 1 atom stereocenters. The van der Waals surface area contributed by atoms with E-state index in [0.717, 1.165) is 12.8 Å². The lowest BCUT2D eigenvalue weighted by molar-refractivity contribution is -0.152. The Labute approximate surface area is 179 Å². The van der Waals surface area contributed by atoms with Crippen molar-refractivity contribution < 1.29 is 19.4 Å². The molecule has 0 bridgehead atoms. The van der Waals surface area contributed by atoms with E-state index in [1.54, 1.807) is 0 Å². The monoisotopic (exact) mass is 410 g/mol. The van der Waals surface area contributed by atoms with Crippen LogP contribution in [0.25, 0.3) is 0 Å². The zero-order valence-corrected chi connectivity index (χ0v) is 19.1. The lowest BCUT2D eigenvalue weighted by atomic mass is 10.1. The van der Waals surface area contributed by atoms with Crippen molar-refractivity contribution in [1.29, 1.82) is 0 Å². The number of carbonyl (C=O) groups is 1. The first-order valence-corrected chi connectivity index (χ1v) is 11.9. The summed E-state index contributed by atoms with van der Waals surface area (Å²) in [6, 6.07) is 0. The third kappa shape index (κ3) is 23.0. The average molecular weight is 411 g/mol. The van der Waals surface area contributed by atoms with Crippen LogP contribution in [-0.4, -0.2) is 37.0 Å². The molecule has 0 aromatic carbocycles. The number of esters is 1. The van der Waals surface area contributed by atoms with Crippen LogP contribution in [0.15, 0.2) is 24.3 Å². The van der Waals surface area contributed by atoms with Gasteiger partial charge in [0.1, 0.15) is 6.10 Å². The molecular formula is C25H46O4. The SMILES string of the molecule is CCCCC/C=C\C/C=C\CCCCCCCCCCOCC(CO)OC(C)=O. The zero-order valence-electron chi connectivity index (χ0n) is 19.1. The molecule has 4 nitrogen and oxygen atoms in total. The highest BCUT2D eigenvalue weighted by Crippen LogP contribution is 2.10. The summed E-state index contributed by atoms with van der Waals surface area (Å²) in [5.74, 6) is -0.381. The van der Waals surface area contributed by atoms with Crippen molar-refractivity contribution in [2.24, 2.45) is 0 Å². The number of aliphatic hydroxyl groups excluding tert-OH is 1. The lowest BCUT2D eigenvalue weighted by Gasteiger charge is -2.14. The Bertz CT molecular complexity index is 404. The minimum absolute atomic E-state index is 0.189. The summed E-state index contributed by atoms with van der Waals surface area (Å²) in [7, 11) is 0. The zero-order chi connectivity index (χ0) is 21.4. The molecule has 170 valence electrons. The summed E-state index contributed by atoms with van der Waals surface area (Å²) in [6.07, 6.45) is 26.3. The van der Waals surface area contributed by atoms with Crippen molar-refractivity contribution in [3.63, 3.8) is 0 Å². The van der Waals surface area contributed by atoms with Gasteiger partial charge in [-0.25, -0.2) is 0 Å². The van der Waals surface area contributed by atoms with Gasteiger partial charge in [0, 0.05) is 13.5 Å². The molecule has 0 fully saturated rings. The molecule has 1 unspecified atom stereocenters. The van der Waals surface area contributed by atoms with Gasteiger partial charge in [-0.3, -0.25) is 4.79 Å². The fraction of sp³-hybridized carbons (Fsp3) is 0.800. The number of allylic oxidation sites excluding steroid dienone is 4. The molecule has 0 amide bonds. The highest BCUT2D eigenvalue weighted by Gasteiger charge is 2.10. The Kier molecular flexibility index (Phi) is 22.2. The first-order valence-electron chi connectivity index (χ1n) is 11.9. The third-order valence-electron chi connectivity index (χ3n) is 4.83. The van der Waals surface area contributed by atoms with Gasteiger partial charge in [-0.1, -0.05) is 82.6 Å². The quantitative estimate of drug-likeness (QED) is 0.133. The largest absolute Gasteiger partial charge is 0.458 e. The van der Waals surface area contributed by atoms with Crippen molar-refractivity contribution in [2.45, 2.75) is 110 Å². The summed E-state index contributed by atoms with van der Waals surface area (Å²) >= 11 is 0. The smallest absolute Gasteiger partial charge is 0.303 e. The number of ether oxygens (including phenoxy) is 2. The molecule has 1 N–H and O–H groups in total. The molecule has 0 aliphatic rings. The van der Waals surface area contributed by atoms with Crippen LogP contribution >= 0.6 is 0 Å². The Morgan fingerprint density at radius 1 is 0.828 bits per heavy atom. The van der Waals surface area contributed by atoms with Gasteiger partial charge in [-0.05, 0) is 38.5 Å². The van der Waals surface area contributed by atoms with Crippen LogP contribution in [0, 0.1) is 0 Å². The van der Waals surface area contributed by atoms with Crippen molar-refractivity contribution in [3.8, 4) is 0 Å². The number of hydrogen-bond donors (Lipinski definition) is 1. The first kappa shape index (κ1) is 27.9. The van der Waals surface area contributed by atoms with E-state index >= 15 is 0 Å². The molecule has 0 heterocycles. The van der Waals surface area contributed by atoms with Gasteiger partial charge in [-0.15, -0.1) is 0 Å². The normalized spacial score (nSPS) is 12.8. The number of unbranched alkanes of at least 4 members (excludes halogenated alkanes) is 11. The Morgan fingerprint density at radius 3 is 1.93 bits per heavy atom. The third-order valence-corrected chi connectivity index (χ3v) is 4.83. The predicted molar refractivity (Wildman–Crippen MR) is 122 cm³/mol. The molecule has 0 saturated heterocycles. The van der Waals surface area contributed by atoms with Crippen LogP contribution in [0.1, 0.15) is 104 Å². The summed E-state index contributed by atoms with van der Waals surface area (Å²) in [6.45, 7) is 4.34. The van der Waals surface area contributed by atoms with Crippen LogP contribution in [0.5, 0.6) is 0 Å². The number of aliphatic hydroxyl groups is 1. The number of rotatable bonds is 21. The molecule has 0 aromatic rings. The highest BCUT2D eigenvalue weighted by molar-refractivity contribution is 5.66. The van der Waals surface area contributed by atoms with Crippen molar-refractivity contribution in [1.82, 2.24) is 0 Å². The fourth-order valence-corrected chi connectivity index (χ4v) is 3.12. The van der Waals surface area contributed by atoms with E-state index in [1.165, 1.54) is 84.0 Å². The van der Waals surface area contributed by atoms with Crippen molar-refractivity contribution in [3.05, 3.63) is 24.3 Å².